The number of pyridine rings is 1. The number of carbonyl (C=O) groups is 1. The van der Waals surface area contributed by atoms with Gasteiger partial charge in [-0.2, -0.15) is 0 Å². The average molecular weight is 266 g/mol. The standard InChI is InChI=1S/C16H11FN2O/c17-12-5-3-6-13(10-12)19-16(20)15-14-7-2-1-4-11(14)8-9-18-15/h1-10H,(H,19,20). The summed E-state index contributed by atoms with van der Waals surface area (Å²) in [6.45, 7) is 0. The van der Waals surface area contributed by atoms with Gasteiger partial charge in [-0.25, -0.2) is 4.39 Å². The maximum Gasteiger partial charge on any atom is 0.274 e. The Labute approximate surface area is 115 Å². The third kappa shape index (κ3) is 2.36. The monoisotopic (exact) mass is 266 g/mol. The Morgan fingerprint density at radius 3 is 2.75 bits per heavy atom. The lowest BCUT2D eigenvalue weighted by atomic mass is 10.1. The molecule has 20 heavy (non-hydrogen) atoms. The molecule has 2 aromatic carbocycles. The highest BCUT2D eigenvalue weighted by atomic mass is 19.1. The van der Waals surface area contributed by atoms with Crippen molar-refractivity contribution in [2.45, 2.75) is 0 Å². The van der Waals surface area contributed by atoms with Crippen LogP contribution >= 0.6 is 0 Å². The number of fused-ring (bicyclic) bond motifs is 1. The predicted octanol–water partition coefficient (Wildman–Crippen LogP) is 3.63. The Kier molecular flexibility index (Phi) is 3.13. The van der Waals surface area contributed by atoms with Crippen LogP contribution in [0.3, 0.4) is 0 Å². The summed E-state index contributed by atoms with van der Waals surface area (Å²) in [6.07, 6.45) is 1.59. The number of halogens is 1. The van der Waals surface area contributed by atoms with Crippen LogP contribution in [0.25, 0.3) is 10.8 Å². The average Bonchev–Trinajstić information content (AvgIpc) is 2.46. The first-order valence-electron chi connectivity index (χ1n) is 6.15. The van der Waals surface area contributed by atoms with Gasteiger partial charge < -0.3 is 5.32 Å². The van der Waals surface area contributed by atoms with Gasteiger partial charge in [0.15, 0.2) is 0 Å². The van der Waals surface area contributed by atoms with E-state index < -0.39 is 5.82 Å². The van der Waals surface area contributed by atoms with E-state index in [1.54, 1.807) is 18.3 Å². The number of hydrogen-bond donors (Lipinski definition) is 1. The van der Waals surface area contributed by atoms with Crippen LogP contribution in [0.4, 0.5) is 10.1 Å². The minimum Gasteiger partial charge on any atom is -0.321 e. The second-order valence-corrected chi connectivity index (χ2v) is 4.35. The molecular formula is C16H11FN2O. The number of anilines is 1. The zero-order valence-electron chi connectivity index (χ0n) is 10.5. The molecule has 0 spiro atoms. The van der Waals surface area contributed by atoms with Gasteiger partial charge in [0.05, 0.1) is 0 Å². The van der Waals surface area contributed by atoms with Crippen molar-refractivity contribution >= 4 is 22.4 Å². The van der Waals surface area contributed by atoms with Crippen LogP contribution in [-0.2, 0) is 0 Å². The molecule has 1 amide bonds. The van der Waals surface area contributed by atoms with Crippen molar-refractivity contribution in [3.05, 3.63) is 72.3 Å². The van der Waals surface area contributed by atoms with E-state index in [1.807, 2.05) is 30.3 Å². The van der Waals surface area contributed by atoms with Gasteiger partial charge in [0.2, 0.25) is 0 Å². The number of benzene rings is 2. The van der Waals surface area contributed by atoms with Crippen molar-refractivity contribution in [2.75, 3.05) is 5.32 Å². The van der Waals surface area contributed by atoms with Crippen molar-refractivity contribution in [2.24, 2.45) is 0 Å². The van der Waals surface area contributed by atoms with Gasteiger partial charge in [-0.3, -0.25) is 9.78 Å². The van der Waals surface area contributed by atoms with Crippen molar-refractivity contribution < 1.29 is 9.18 Å². The summed E-state index contributed by atoms with van der Waals surface area (Å²) in [5.41, 5.74) is 0.733. The van der Waals surface area contributed by atoms with E-state index in [1.165, 1.54) is 12.1 Å². The lowest BCUT2D eigenvalue weighted by Crippen LogP contribution is -2.14. The van der Waals surface area contributed by atoms with Crippen LogP contribution in [0.2, 0.25) is 0 Å². The van der Waals surface area contributed by atoms with Crippen LogP contribution in [0.15, 0.2) is 60.8 Å². The summed E-state index contributed by atoms with van der Waals surface area (Å²) >= 11 is 0. The van der Waals surface area contributed by atoms with Crippen LogP contribution in [-0.4, -0.2) is 10.9 Å². The first-order chi connectivity index (χ1) is 9.74. The third-order valence-electron chi connectivity index (χ3n) is 2.97. The largest absolute Gasteiger partial charge is 0.321 e. The van der Waals surface area contributed by atoms with Gasteiger partial charge >= 0.3 is 0 Å². The molecule has 1 heterocycles. The maximum atomic E-state index is 13.1. The molecule has 3 nitrogen and oxygen atoms in total. The Morgan fingerprint density at radius 2 is 1.90 bits per heavy atom. The zero-order valence-corrected chi connectivity index (χ0v) is 10.5. The Morgan fingerprint density at radius 1 is 1.05 bits per heavy atom. The summed E-state index contributed by atoms with van der Waals surface area (Å²) in [5, 5.41) is 4.35. The molecule has 0 aliphatic carbocycles. The number of hydrogen-bond acceptors (Lipinski definition) is 2. The molecule has 4 heteroatoms. The van der Waals surface area contributed by atoms with Gasteiger partial charge in [-0.15, -0.1) is 0 Å². The fourth-order valence-corrected chi connectivity index (χ4v) is 2.06. The number of nitrogens with one attached hydrogen (secondary N) is 1. The fraction of sp³-hybridized carbons (Fsp3) is 0. The number of nitrogens with zero attached hydrogens (tertiary/aromatic N) is 1. The minimum atomic E-state index is -0.395. The van der Waals surface area contributed by atoms with Crippen LogP contribution in [0, 0.1) is 5.82 Å². The highest BCUT2D eigenvalue weighted by Gasteiger charge is 2.11. The first-order valence-corrected chi connectivity index (χ1v) is 6.15. The van der Waals surface area contributed by atoms with Crippen LogP contribution in [0.1, 0.15) is 10.5 Å². The second kappa shape index (κ2) is 5.09. The van der Waals surface area contributed by atoms with E-state index in [0.29, 0.717) is 11.4 Å². The summed E-state index contributed by atoms with van der Waals surface area (Å²) in [5.74, 6) is -0.749. The van der Waals surface area contributed by atoms with Gasteiger partial charge in [0, 0.05) is 17.3 Å². The SMILES string of the molecule is O=C(Nc1cccc(F)c1)c1nccc2ccccc12. The quantitative estimate of drug-likeness (QED) is 0.769. The van der Waals surface area contributed by atoms with Crippen molar-refractivity contribution in [1.82, 2.24) is 4.98 Å². The van der Waals surface area contributed by atoms with E-state index in [9.17, 15) is 9.18 Å². The molecule has 0 aliphatic rings. The molecule has 3 rings (SSSR count). The number of carbonyl (C=O) groups excluding carboxylic acids is 1. The molecule has 0 saturated heterocycles. The first kappa shape index (κ1) is 12.3. The number of rotatable bonds is 2. The molecule has 0 bridgehead atoms. The smallest absolute Gasteiger partial charge is 0.274 e. The lowest BCUT2D eigenvalue weighted by molar-refractivity contribution is 0.102. The summed E-state index contributed by atoms with van der Waals surface area (Å²) < 4.78 is 13.1. The summed E-state index contributed by atoms with van der Waals surface area (Å²) in [7, 11) is 0. The number of aromatic nitrogens is 1. The van der Waals surface area contributed by atoms with Crippen molar-refractivity contribution in [3.8, 4) is 0 Å². The highest BCUT2D eigenvalue weighted by Crippen LogP contribution is 2.18. The normalized spacial score (nSPS) is 10.4. The molecule has 0 aliphatic heterocycles. The molecule has 3 aromatic rings. The minimum absolute atomic E-state index is 0.326. The molecule has 0 saturated carbocycles. The maximum absolute atomic E-state index is 13.1. The molecular weight excluding hydrogens is 255 g/mol. The topological polar surface area (TPSA) is 42.0 Å². The van der Waals surface area contributed by atoms with Crippen molar-refractivity contribution in [3.63, 3.8) is 0 Å². The van der Waals surface area contributed by atoms with Crippen LogP contribution < -0.4 is 5.32 Å². The summed E-state index contributed by atoms with van der Waals surface area (Å²) in [4.78, 5) is 16.4. The molecule has 1 N–H and O–H groups in total. The van der Waals surface area contributed by atoms with Crippen molar-refractivity contribution in [1.29, 1.82) is 0 Å². The number of amides is 1. The fourth-order valence-electron chi connectivity index (χ4n) is 2.06. The van der Waals surface area contributed by atoms with E-state index in [0.717, 1.165) is 10.8 Å². The molecule has 0 unspecified atom stereocenters. The van der Waals surface area contributed by atoms with Gasteiger partial charge in [-0.05, 0) is 29.7 Å². The summed E-state index contributed by atoms with van der Waals surface area (Å²) in [6, 6.07) is 15.1. The zero-order chi connectivity index (χ0) is 13.9. The molecule has 0 radical (unpaired) electrons. The van der Waals surface area contributed by atoms with E-state index in [-0.39, 0.29) is 5.91 Å². The highest BCUT2D eigenvalue weighted by molar-refractivity contribution is 6.11. The second-order valence-electron chi connectivity index (χ2n) is 4.35. The van der Waals surface area contributed by atoms with Gasteiger partial charge in [-0.1, -0.05) is 30.3 Å². The predicted molar refractivity (Wildman–Crippen MR) is 76.1 cm³/mol. The Bertz CT molecular complexity index is 781. The lowest BCUT2D eigenvalue weighted by Gasteiger charge is -2.07. The Balaban J connectivity index is 1.97. The van der Waals surface area contributed by atoms with Crippen LogP contribution in [0.5, 0.6) is 0 Å². The molecule has 1 aromatic heterocycles. The third-order valence-corrected chi connectivity index (χ3v) is 2.97. The molecule has 0 atom stereocenters. The van der Waals surface area contributed by atoms with E-state index >= 15 is 0 Å². The Hall–Kier alpha value is -2.75. The molecule has 0 fully saturated rings. The molecule has 98 valence electrons. The van der Waals surface area contributed by atoms with Gasteiger partial charge in [0.25, 0.3) is 5.91 Å². The van der Waals surface area contributed by atoms with E-state index in [2.05, 4.69) is 10.3 Å². The van der Waals surface area contributed by atoms with E-state index in [4.69, 9.17) is 0 Å². The van der Waals surface area contributed by atoms with Gasteiger partial charge in [0.1, 0.15) is 11.5 Å².